The van der Waals surface area contributed by atoms with Crippen LogP contribution >= 0.6 is 11.6 Å². The molecule has 2 aromatic rings. The standard InChI is InChI=1S/C16H17ClN2O2/c1-20-14-7-11-4-6-19(10-12(11)8-15(14)21-2)13-3-5-18-16(17)9-13/h3,5,7-9H,4,6,10H2,1-2H3. The predicted molar refractivity (Wildman–Crippen MR) is 83.5 cm³/mol. The van der Waals surface area contributed by atoms with E-state index in [1.807, 2.05) is 12.1 Å². The van der Waals surface area contributed by atoms with Crippen LogP contribution < -0.4 is 14.4 Å². The van der Waals surface area contributed by atoms with Crippen molar-refractivity contribution in [1.82, 2.24) is 4.98 Å². The number of benzene rings is 1. The quantitative estimate of drug-likeness (QED) is 0.815. The molecule has 21 heavy (non-hydrogen) atoms. The van der Waals surface area contributed by atoms with E-state index in [9.17, 15) is 0 Å². The molecule has 0 bridgehead atoms. The fourth-order valence-electron chi connectivity index (χ4n) is 2.69. The minimum Gasteiger partial charge on any atom is -0.493 e. The number of hydrogen-bond donors (Lipinski definition) is 0. The SMILES string of the molecule is COc1cc2c(cc1OC)CN(c1ccnc(Cl)c1)CC2. The Morgan fingerprint density at radius 3 is 2.48 bits per heavy atom. The van der Waals surface area contributed by atoms with Crippen LogP contribution in [0, 0.1) is 0 Å². The van der Waals surface area contributed by atoms with E-state index in [4.69, 9.17) is 21.1 Å². The molecule has 1 aromatic heterocycles. The van der Waals surface area contributed by atoms with Crippen molar-refractivity contribution in [3.05, 3.63) is 46.7 Å². The zero-order valence-corrected chi connectivity index (χ0v) is 12.9. The van der Waals surface area contributed by atoms with Crippen molar-refractivity contribution in [2.75, 3.05) is 25.7 Å². The molecule has 0 radical (unpaired) electrons. The second kappa shape index (κ2) is 5.82. The smallest absolute Gasteiger partial charge is 0.161 e. The van der Waals surface area contributed by atoms with Crippen molar-refractivity contribution < 1.29 is 9.47 Å². The predicted octanol–water partition coefficient (Wildman–Crippen LogP) is 3.31. The van der Waals surface area contributed by atoms with Gasteiger partial charge >= 0.3 is 0 Å². The van der Waals surface area contributed by atoms with E-state index >= 15 is 0 Å². The molecule has 0 atom stereocenters. The van der Waals surface area contributed by atoms with Crippen molar-refractivity contribution in [3.8, 4) is 11.5 Å². The molecule has 2 heterocycles. The van der Waals surface area contributed by atoms with Gasteiger partial charge in [-0.2, -0.15) is 0 Å². The van der Waals surface area contributed by atoms with Crippen LogP contribution in [0.25, 0.3) is 0 Å². The van der Waals surface area contributed by atoms with Gasteiger partial charge < -0.3 is 14.4 Å². The molecule has 1 aromatic carbocycles. The second-order valence-corrected chi connectivity index (χ2v) is 5.37. The van der Waals surface area contributed by atoms with Crippen LogP contribution in [0.3, 0.4) is 0 Å². The number of nitrogens with zero attached hydrogens (tertiary/aromatic N) is 2. The van der Waals surface area contributed by atoms with E-state index in [1.165, 1.54) is 11.1 Å². The number of halogens is 1. The minimum atomic E-state index is 0.519. The van der Waals surface area contributed by atoms with Crippen molar-refractivity contribution >= 4 is 17.3 Å². The van der Waals surface area contributed by atoms with E-state index in [-0.39, 0.29) is 0 Å². The Labute approximate surface area is 129 Å². The van der Waals surface area contributed by atoms with Crippen molar-refractivity contribution in [2.45, 2.75) is 13.0 Å². The summed E-state index contributed by atoms with van der Waals surface area (Å²) in [5.74, 6) is 1.56. The summed E-state index contributed by atoms with van der Waals surface area (Å²) in [6.45, 7) is 1.78. The normalized spacial score (nSPS) is 13.8. The molecule has 1 aliphatic heterocycles. The maximum atomic E-state index is 5.98. The highest BCUT2D eigenvalue weighted by Gasteiger charge is 2.19. The molecule has 0 unspecified atom stereocenters. The van der Waals surface area contributed by atoms with Gasteiger partial charge in [0.1, 0.15) is 5.15 Å². The lowest BCUT2D eigenvalue weighted by atomic mass is 9.98. The van der Waals surface area contributed by atoms with E-state index in [0.29, 0.717) is 5.15 Å². The van der Waals surface area contributed by atoms with E-state index in [0.717, 1.165) is 36.7 Å². The lowest BCUT2D eigenvalue weighted by Crippen LogP contribution is -2.30. The number of anilines is 1. The summed E-state index contributed by atoms with van der Waals surface area (Å²) in [6.07, 6.45) is 2.71. The zero-order chi connectivity index (χ0) is 14.8. The van der Waals surface area contributed by atoms with Gasteiger partial charge in [-0.1, -0.05) is 11.6 Å². The van der Waals surface area contributed by atoms with Crippen LogP contribution in [0.5, 0.6) is 11.5 Å². The molecule has 0 aliphatic carbocycles. The van der Waals surface area contributed by atoms with Crippen molar-refractivity contribution in [1.29, 1.82) is 0 Å². The Hall–Kier alpha value is -1.94. The first-order valence-corrected chi connectivity index (χ1v) is 7.19. The molecule has 0 saturated heterocycles. The fraction of sp³-hybridized carbons (Fsp3) is 0.312. The Bertz CT molecular complexity index is 661. The molecular formula is C16H17ClN2O2. The van der Waals surface area contributed by atoms with Crippen molar-refractivity contribution in [3.63, 3.8) is 0 Å². The van der Waals surface area contributed by atoms with Crippen LogP contribution in [0.15, 0.2) is 30.5 Å². The van der Waals surface area contributed by atoms with Gasteiger partial charge in [0.25, 0.3) is 0 Å². The second-order valence-electron chi connectivity index (χ2n) is 4.98. The number of methoxy groups -OCH3 is 2. The number of rotatable bonds is 3. The lowest BCUT2D eigenvalue weighted by molar-refractivity contribution is 0.353. The molecule has 4 nitrogen and oxygen atoms in total. The van der Waals surface area contributed by atoms with Crippen LogP contribution in [0.4, 0.5) is 5.69 Å². The molecule has 0 N–H and O–H groups in total. The van der Waals surface area contributed by atoms with Gasteiger partial charge in [-0.15, -0.1) is 0 Å². The summed E-state index contributed by atoms with van der Waals surface area (Å²) in [5, 5.41) is 0.519. The third kappa shape index (κ3) is 2.76. The van der Waals surface area contributed by atoms with Gasteiger partial charge in [0.2, 0.25) is 0 Å². The van der Waals surface area contributed by atoms with Gasteiger partial charge in [-0.25, -0.2) is 4.98 Å². The summed E-state index contributed by atoms with van der Waals surface area (Å²) in [4.78, 5) is 6.32. The molecule has 1 aliphatic rings. The molecule has 0 fully saturated rings. The molecular weight excluding hydrogens is 288 g/mol. The van der Waals surface area contributed by atoms with Crippen LogP contribution in [-0.2, 0) is 13.0 Å². The maximum Gasteiger partial charge on any atom is 0.161 e. The number of ether oxygens (including phenoxy) is 2. The summed E-state index contributed by atoms with van der Waals surface area (Å²) in [6, 6.07) is 8.01. The van der Waals surface area contributed by atoms with Gasteiger partial charge in [-0.05, 0) is 41.8 Å². The number of pyridine rings is 1. The molecule has 0 saturated carbocycles. The van der Waals surface area contributed by atoms with Gasteiger partial charge in [0, 0.05) is 25.0 Å². The Morgan fingerprint density at radius 2 is 1.81 bits per heavy atom. The first-order valence-electron chi connectivity index (χ1n) is 6.81. The number of aromatic nitrogens is 1. The summed E-state index contributed by atoms with van der Waals surface area (Å²) >= 11 is 5.98. The van der Waals surface area contributed by atoms with Gasteiger partial charge in [-0.3, -0.25) is 0 Å². The monoisotopic (exact) mass is 304 g/mol. The Kier molecular flexibility index (Phi) is 3.88. The molecule has 3 rings (SSSR count). The van der Waals surface area contributed by atoms with Crippen LogP contribution in [-0.4, -0.2) is 25.7 Å². The molecule has 5 heteroatoms. The van der Waals surface area contributed by atoms with E-state index in [1.54, 1.807) is 20.4 Å². The third-order valence-electron chi connectivity index (χ3n) is 3.79. The average molecular weight is 305 g/mol. The topological polar surface area (TPSA) is 34.6 Å². The average Bonchev–Trinajstić information content (AvgIpc) is 2.53. The zero-order valence-electron chi connectivity index (χ0n) is 12.1. The Balaban J connectivity index is 1.91. The van der Waals surface area contributed by atoms with Gasteiger partial charge in [0.05, 0.1) is 14.2 Å². The highest BCUT2D eigenvalue weighted by atomic mass is 35.5. The number of hydrogen-bond acceptors (Lipinski definition) is 4. The highest BCUT2D eigenvalue weighted by Crippen LogP contribution is 2.34. The number of fused-ring (bicyclic) bond motifs is 1. The summed E-state index contributed by atoms with van der Waals surface area (Å²) < 4.78 is 10.8. The van der Waals surface area contributed by atoms with Crippen LogP contribution in [0.1, 0.15) is 11.1 Å². The lowest BCUT2D eigenvalue weighted by Gasteiger charge is -2.31. The molecule has 0 amide bonds. The minimum absolute atomic E-state index is 0.519. The molecule has 110 valence electrons. The largest absolute Gasteiger partial charge is 0.493 e. The van der Waals surface area contributed by atoms with Gasteiger partial charge in [0.15, 0.2) is 11.5 Å². The fourth-order valence-corrected chi connectivity index (χ4v) is 2.86. The first-order chi connectivity index (χ1) is 10.2. The van der Waals surface area contributed by atoms with E-state index in [2.05, 4.69) is 22.0 Å². The summed E-state index contributed by atoms with van der Waals surface area (Å²) in [7, 11) is 3.33. The Morgan fingerprint density at radius 1 is 1.10 bits per heavy atom. The van der Waals surface area contributed by atoms with E-state index < -0.39 is 0 Å². The molecule has 0 spiro atoms. The first kappa shape index (κ1) is 14.0. The summed E-state index contributed by atoms with van der Waals surface area (Å²) in [5.41, 5.74) is 3.66. The third-order valence-corrected chi connectivity index (χ3v) is 4.00. The highest BCUT2D eigenvalue weighted by molar-refractivity contribution is 6.29. The van der Waals surface area contributed by atoms with Crippen molar-refractivity contribution in [2.24, 2.45) is 0 Å². The van der Waals surface area contributed by atoms with Crippen LogP contribution in [0.2, 0.25) is 5.15 Å². The maximum absolute atomic E-state index is 5.98.